The molecule has 162 valence electrons. The first-order valence-electron chi connectivity index (χ1n) is 10.7. The van der Waals surface area contributed by atoms with Crippen molar-refractivity contribution in [2.24, 2.45) is 5.10 Å². The van der Waals surface area contributed by atoms with Gasteiger partial charge in [0.15, 0.2) is 11.5 Å². The number of hydrogen-bond acceptors (Lipinski definition) is 5. The number of fused-ring (bicyclic) bond motifs is 1. The van der Waals surface area contributed by atoms with Crippen LogP contribution in [0.1, 0.15) is 56.3 Å². The van der Waals surface area contributed by atoms with Crippen LogP contribution < -0.4 is 15.0 Å². The van der Waals surface area contributed by atoms with E-state index in [0.717, 1.165) is 47.1 Å². The molecule has 6 nitrogen and oxygen atoms in total. The molecule has 0 radical (unpaired) electrons. The number of hydrogen-bond donors (Lipinski definition) is 0. The van der Waals surface area contributed by atoms with E-state index >= 15 is 0 Å². The lowest BCUT2D eigenvalue weighted by molar-refractivity contribution is 0.310. The van der Waals surface area contributed by atoms with E-state index in [0.29, 0.717) is 23.5 Å². The van der Waals surface area contributed by atoms with Gasteiger partial charge in [0.25, 0.3) is 5.56 Å². The molecular formula is C24H26BrN3O3. The Balaban J connectivity index is 1.86. The largest absolute Gasteiger partial charge is 0.493 e. The van der Waals surface area contributed by atoms with Crippen LogP contribution >= 0.6 is 15.9 Å². The van der Waals surface area contributed by atoms with Crippen molar-refractivity contribution in [1.82, 2.24) is 9.66 Å². The van der Waals surface area contributed by atoms with E-state index in [4.69, 9.17) is 14.5 Å². The highest BCUT2D eigenvalue weighted by molar-refractivity contribution is 9.10. The lowest BCUT2D eigenvalue weighted by atomic mass is 9.88. The van der Waals surface area contributed by atoms with Crippen molar-refractivity contribution < 1.29 is 9.47 Å². The lowest BCUT2D eigenvalue weighted by Gasteiger charge is -2.22. The van der Waals surface area contributed by atoms with Crippen molar-refractivity contribution in [3.63, 3.8) is 0 Å². The van der Waals surface area contributed by atoms with Crippen molar-refractivity contribution in [1.29, 1.82) is 0 Å². The van der Waals surface area contributed by atoms with Crippen LogP contribution in [-0.2, 0) is 0 Å². The zero-order chi connectivity index (χ0) is 21.8. The van der Waals surface area contributed by atoms with Gasteiger partial charge in [-0.2, -0.15) is 9.78 Å². The van der Waals surface area contributed by atoms with Gasteiger partial charge in [0.2, 0.25) is 0 Å². The Morgan fingerprint density at radius 1 is 1.23 bits per heavy atom. The summed E-state index contributed by atoms with van der Waals surface area (Å²) in [5, 5.41) is 5.19. The Hall–Kier alpha value is -2.67. The number of para-hydroxylation sites is 1. The Morgan fingerprint density at radius 2 is 2.00 bits per heavy atom. The molecule has 7 heteroatoms. The number of ether oxygens (including phenoxy) is 2. The zero-order valence-corrected chi connectivity index (χ0v) is 19.4. The second-order valence-corrected chi connectivity index (χ2v) is 8.56. The van der Waals surface area contributed by atoms with E-state index in [-0.39, 0.29) is 11.5 Å². The summed E-state index contributed by atoms with van der Waals surface area (Å²) in [7, 11) is 1.60. The molecule has 0 amide bonds. The topological polar surface area (TPSA) is 65.7 Å². The third kappa shape index (κ3) is 4.51. The van der Waals surface area contributed by atoms with Gasteiger partial charge in [-0.15, -0.1) is 0 Å². The second-order valence-electron chi connectivity index (χ2n) is 7.64. The van der Waals surface area contributed by atoms with Crippen LogP contribution in [-0.4, -0.2) is 29.6 Å². The minimum Gasteiger partial charge on any atom is -0.493 e. The summed E-state index contributed by atoms with van der Waals surface area (Å²) in [6, 6.07) is 11.2. The van der Waals surface area contributed by atoms with Crippen molar-refractivity contribution in [2.75, 3.05) is 13.7 Å². The summed E-state index contributed by atoms with van der Waals surface area (Å²) < 4.78 is 13.6. The van der Waals surface area contributed by atoms with Gasteiger partial charge < -0.3 is 9.47 Å². The SMILES string of the molecule is CCOc1c(C=Nn2c(C3CCCCC3)nc3ccccc3c2=O)cc(Br)cc1OC. The number of rotatable bonds is 6. The molecule has 1 aliphatic carbocycles. The van der Waals surface area contributed by atoms with Crippen LogP contribution in [0.4, 0.5) is 0 Å². The predicted octanol–water partition coefficient (Wildman–Crippen LogP) is 5.50. The number of halogens is 1. The first kappa shape index (κ1) is 21.6. The molecule has 1 aromatic heterocycles. The van der Waals surface area contributed by atoms with E-state index in [1.165, 1.54) is 11.1 Å². The molecule has 0 aliphatic heterocycles. The third-order valence-electron chi connectivity index (χ3n) is 5.62. The van der Waals surface area contributed by atoms with Crippen molar-refractivity contribution in [3.8, 4) is 11.5 Å². The van der Waals surface area contributed by atoms with E-state index in [2.05, 4.69) is 21.0 Å². The molecule has 0 bridgehead atoms. The average Bonchev–Trinajstić information content (AvgIpc) is 2.80. The number of aromatic nitrogens is 2. The highest BCUT2D eigenvalue weighted by Gasteiger charge is 2.22. The lowest BCUT2D eigenvalue weighted by Crippen LogP contribution is -2.25. The highest BCUT2D eigenvalue weighted by Crippen LogP contribution is 2.35. The van der Waals surface area contributed by atoms with Gasteiger partial charge in [0, 0.05) is 16.0 Å². The van der Waals surface area contributed by atoms with Crippen LogP contribution in [0.25, 0.3) is 10.9 Å². The van der Waals surface area contributed by atoms with Gasteiger partial charge in [-0.3, -0.25) is 4.79 Å². The van der Waals surface area contributed by atoms with Crippen LogP contribution in [0.15, 0.2) is 50.8 Å². The molecule has 4 rings (SSSR count). The molecule has 31 heavy (non-hydrogen) atoms. The Morgan fingerprint density at radius 3 is 2.74 bits per heavy atom. The van der Waals surface area contributed by atoms with Crippen LogP contribution in [0, 0.1) is 0 Å². The van der Waals surface area contributed by atoms with E-state index in [9.17, 15) is 4.79 Å². The first-order valence-corrected chi connectivity index (χ1v) is 11.5. The fourth-order valence-electron chi connectivity index (χ4n) is 4.13. The molecule has 0 unspecified atom stereocenters. The second kappa shape index (κ2) is 9.64. The molecule has 3 aromatic rings. The Kier molecular flexibility index (Phi) is 6.70. The van der Waals surface area contributed by atoms with Gasteiger partial charge in [-0.25, -0.2) is 4.98 Å². The summed E-state index contributed by atoms with van der Waals surface area (Å²) in [6.45, 7) is 2.41. The van der Waals surface area contributed by atoms with Crippen LogP contribution in [0.2, 0.25) is 0 Å². The minimum atomic E-state index is -0.151. The monoisotopic (exact) mass is 483 g/mol. The predicted molar refractivity (Wildman–Crippen MR) is 127 cm³/mol. The molecule has 0 spiro atoms. The van der Waals surface area contributed by atoms with Crippen molar-refractivity contribution in [2.45, 2.75) is 44.9 Å². The number of benzene rings is 2. The normalized spacial score (nSPS) is 14.9. The molecule has 1 aliphatic rings. The third-order valence-corrected chi connectivity index (χ3v) is 6.08. The fraction of sp³-hybridized carbons (Fsp3) is 0.375. The molecule has 0 saturated heterocycles. The summed E-state index contributed by atoms with van der Waals surface area (Å²) in [5.74, 6) is 2.17. The van der Waals surface area contributed by atoms with E-state index in [1.54, 1.807) is 19.4 Å². The van der Waals surface area contributed by atoms with Gasteiger partial charge in [0.1, 0.15) is 5.82 Å². The number of methoxy groups -OCH3 is 1. The van der Waals surface area contributed by atoms with Gasteiger partial charge in [0.05, 0.1) is 30.8 Å². The van der Waals surface area contributed by atoms with E-state index in [1.807, 2.05) is 37.3 Å². The molecule has 1 saturated carbocycles. The summed E-state index contributed by atoms with van der Waals surface area (Å²) in [4.78, 5) is 18.2. The molecular weight excluding hydrogens is 458 g/mol. The summed E-state index contributed by atoms with van der Waals surface area (Å²) in [6.07, 6.45) is 7.22. The van der Waals surface area contributed by atoms with Gasteiger partial charge in [-0.05, 0) is 44.0 Å². The Labute approximate surface area is 190 Å². The van der Waals surface area contributed by atoms with Gasteiger partial charge >= 0.3 is 0 Å². The maximum Gasteiger partial charge on any atom is 0.282 e. The fourth-order valence-corrected chi connectivity index (χ4v) is 4.59. The summed E-state index contributed by atoms with van der Waals surface area (Å²) in [5.41, 5.74) is 1.30. The zero-order valence-electron chi connectivity index (χ0n) is 17.8. The van der Waals surface area contributed by atoms with Crippen LogP contribution in [0.3, 0.4) is 0 Å². The summed E-state index contributed by atoms with van der Waals surface area (Å²) >= 11 is 3.51. The Bertz CT molecular complexity index is 1170. The molecule has 0 atom stereocenters. The van der Waals surface area contributed by atoms with Crippen molar-refractivity contribution in [3.05, 3.63) is 62.6 Å². The van der Waals surface area contributed by atoms with Crippen LogP contribution in [0.5, 0.6) is 11.5 Å². The quantitative estimate of drug-likeness (QED) is 0.434. The smallest absolute Gasteiger partial charge is 0.282 e. The first-order chi connectivity index (χ1) is 15.1. The molecule has 0 N–H and O–H groups in total. The highest BCUT2D eigenvalue weighted by atomic mass is 79.9. The number of nitrogens with zero attached hydrogens (tertiary/aromatic N) is 3. The standard InChI is InChI=1S/C24H26BrN3O3/c1-3-31-22-17(13-18(25)14-21(22)30-2)15-26-28-23(16-9-5-4-6-10-16)27-20-12-8-7-11-19(20)24(28)29/h7-8,11-16H,3-6,9-10H2,1-2H3. The average molecular weight is 484 g/mol. The van der Waals surface area contributed by atoms with E-state index < -0.39 is 0 Å². The van der Waals surface area contributed by atoms with Gasteiger partial charge in [-0.1, -0.05) is 47.3 Å². The molecule has 1 heterocycles. The minimum absolute atomic E-state index is 0.151. The van der Waals surface area contributed by atoms with Crippen molar-refractivity contribution >= 4 is 33.0 Å². The molecule has 1 fully saturated rings. The molecule has 2 aromatic carbocycles. The maximum absolute atomic E-state index is 13.4. The maximum atomic E-state index is 13.4.